The summed E-state index contributed by atoms with van der Waals surface area (Å²) in [5, 5.41) is 37.8. The highest BCUT2D eigenvalue weighted by Gasteiger charge is 2.37. The predicted molar refractivity (Wildman–Crippen MR) is 112 cm³/mol. The number of rotatable bonds is 13. The van der Waals surface area contributed by atoms with E-state index in [9.17, 15) is 39.6 Å². The zero-order chi connectivity index (χ0) is 23.7. The van der Waals surface area contributed by atoms with Gasteiger partial charge in [-0.1, -0.05) is 60.7 Å². The Labute approximate surface area is 183 Å². The van der Waals surface area contributed by atoms with Crippen LogP contribution in [0.2, 0.25) is 0 Å². The first-order valence-electron chi connectivity index (χ1n) is 9.64. The van der Waals surface area contributed by atoms with E-state index in [2.05, 4.69) is 0 Å². The van der Waals surface area contributed by atoms with Crippen LogP contribution in [0.3, 0.4) is 0 Å². The maximum atomic E-state index is 11.6. The van der Waals surface area contributed by atoms with Crippen molar-refractivity contribution in [1.82, 2.24) is 9.80 Å². The summed E-state index contributed by atoms with van der Waals surface area (Å²) in [5.74, 6) is -5.10. The molecular formula is C22H24N2O8. The van der Waals surface area contributed by atoms with Crippen LogP contribution in [0, 0.1) is 0 Å². The molecule has 32 heavy (non-hydrogen) atoms. The minimum absolute atomic E-state index is 0.518. The minimum Gasteiger partial charge on any atom is -0.480 e. The van der Waals surface area contributed by atoms with Crippen LogP contribution in [0.15, 0.2) is 60.7 Å². The Kier molecular flexibility index (Phi) is 8.87. The van der Waals surface area contributed by atoms with Gasteiger partial charge in [0.15, 0.2) is 0 Å². The van der Waals surface area contributed by atoms with Crippen molar-refractivity contribution < 1.29 is 39.6 Å². The molecule has 0 bridgehead atoms. The van der Waals surface area contributed by atoms with Gasteiger partial charge in [-0.25, -0.2) is 0 Å². The second kappa shape index (κ2) is 11.6. The maximum absolute atomic E-state index is 11.6. The van der Waals surface area contributed by atoms with E-state index in [0.29, 0.717) is 11.1 Å². The monoisotopic (exact) mass is 444 g/mol. The van der Waals surface area contributed by atoms with E-state index < -0.39 is 62.1 Å². The topological polar surface area (TPSA) is 156 Å². The lowest BCUT2D eigenvalue weighted by molar-refractivity contribution is -0.148. The summed E-state index contributed by atoms with van der Waals surface area (Å²) in [6.45, 7) is -2.60. The molecule has 2 aromatic rings. The first-order chi connectivity index (χ1) is 15.2. The molecule has 0 aromatic heterocycles. The van der Waals surface area contributed by atoms with Gasteiger partial charge >= 0.3 is 23.9 Å². The smallest absolute Gasteiger partial charge is 0.317 e. The summed E-state index contributed by atoms with van der Waals surface area (Å²) < 4.78 is 0. The van der Waals surface area contributed by atoms with Gasteiger partial charge in [-0.2, -0.15) is 0 Å². The Morgan fingerprint density at radius 3 is 1.00 bits per heavy atom. The van der Waals surface area contributed by atoms with E-state index in [1.165, 1.54) is 9.80 Å². The summed E-state index contributed by atoms with van der Waals surface area (Å²) in [7, 11) is 0. The Bertz CT molecular complexity index is 826. The van der Waals surface area contributed by atoms with E-state index in [0.717, 1.165) is 0 Å². The first-order valence-corrected chi connectivity index (χ1v) is 9.64. The van der Waals surface area contributed by atoms with Gasteiger partial charge in [-0.15, -0.1) is 0 Å². The number of hydrogen-bond acceptors (Lipinski definition) is 6. The van der Waals surface area contributed by atoms with Crippen molar-refractivity contribution in [3.05, 3.63) is 71.8 Å². The Morgan fingerprint density at radius 2 is 0.781 bits per heavy atom. The van der Waals surface area contributed by atoms with E-state index in [1.807, 2.05) is 0 Å². The van der Waals surface area contributed by atoms with Gasteiger partial charge in [0.25, 0.3) is 0 Å². The lowest BCUT2D eigenvalue weighted by Gasteiger charge is -2.41. The highest BCUT2D eigenvalue weighted by Crippen LogP contribution is 2.38. The lowest BCUT2D eigenvalue weighted by atomic mass is 9.90. The van der Waals surface area contributed by atoms with Gasteiger partial charge in [0, 0.05) is 0 Å². The van der Waals surface area contributed by atoms with Crippen molar-refractivity contribution in [2.24, 2.45) is 0 Å². The average Bonchev–Trinajstić information content (AvgIpc) is 2.71. The molecule has 2 unspecified atom stereocenters. The van der Waals surface area contributed by atoms with Gasteiger partial charge in [0.2, 0.25) is 0 Å². The summed E-state index contributed by atoms with van der Waals surface area (Å²) in [6, 6.07) is 14.9. The van der Waals surface area contributed by atoms with Crippen molar-refractivity contribution in [2.45, 2.75) is 12.1 Å². The molecule has 0 aliphatic heterocycles. The minimum atomic E-state index is -1.28. The second-order valence-electron chi connectivity index (χ2n) is 7.10. The molecule has 0 spiro atoms. The number of carbonyl (C=O) groups is 4. The van der Waals surface area contributed by atoms with Crippen molar-refractivity contribution in [2.75, 3.05) is 26.2 Å². The number of nitrogens with zero attached hydrogens (tertiary/aromatic N) is 2. The Morgan fingerprint density at radius 1 is 0.531 bits per heavy atom. The third kappa shape index (κ3) is 7.18. The van der Waals surface area contributed by atoms with Gasteiger partial charge in [-0.3, -0.25) is 29.0 Å². The van der Waals surface area contributed by atoms with Crippen LogP contribution < -0.4 is 0 Å². The number of aliphatic carboxylic acids is 4. The number of hydrogen-bond donors (Lipinski definition) is 4. The first kappa shape index (κ1) is 24.5. The molecule has 0 aliphatic carbocycles. The Hall–Kier alpha value is -3.76. The third-order valence-electron chi connectivity index (χ3n) is 4.72. The number of carboxylic acid groups (broad SMARTS) is 4. The number of carboxylic acids is 4. The van der Waals surface area contributed by atoms with E-state index in [4.69, 9.17) is 0 Å². The predicted octanol–water partition coefficient (Wildman–Crippen LogP) is 1.41. The van der Waals surface area contributed by atoms with Crippen LogP contribution in [0.1, 0.15) is 23.2 Å². The normalized spacial score (nSPS) is 12.9. The molecule has 10 nitrogen and oxygen atoms in total. The average molecular weight is 444 g/mol. The zero-order valence-electron chi connectivity index (χ0n) is 17.1. The summed E-state index contributed by atoms with van der Waals surface area (Å²) in [6.07, 6.45) is 0. The largest absolute Gasteiger partial charge is 0.480 e. The van der Waals surface area contributed by atoms with Gasteiger partial charge in [0.05, 0.1) is 38.3 Å². The molecule has 2 rings (SSSR count). The third-order valence-corrected chi connectivity index (χ3v) is 4.72. The molecule has 0 amide bonds. The molecule has 4 N–H and O–H groups in total. The maximum Gasteiger partial charge on any atom is 0.317 e. The summed E-state index contributed by atoms with van der Waals surface area (Å²) in [5.41, 5.74) is 1.04. The molecule has 2 atom stereocenters. The fourth-order valence-electron chi connectivity index (χ4n) is 3.69. The van der Waals surface area contributed by atoms with Gasteiger partial charge in [-0.05, 0) is 11.1 Å². The second-order valence-corrected chi connectivity index (χ2v) is 7.10. The highest BCUT2D eigenvalue weighted by atomic mass is 16.4. The molecule has 10 heteroatoms. The highest BCUT2D eigenvalue weighted by molar-refractivity contribution is 5.74. The van der Waals surface area contributed by atoms with E-state index >= 15 is 0 Å². The molecule has 0 radical (unpaired) electrons. The van der Waals surface area contributed by atoms with Crippen molar-refractivity contribution in [3.63, 3.8) is 0 Å². The molecule has 0 saturated carbocycles. The molecule has 2 aromatic carbocycles. The number of benzene rings is 2. The molecule has 170 valence electrons. The fourth-order valence-corrected chi connectivity index (χ4v) is 3.69. The van der Waals surface area contributed by atoms with Crippen LogP contribution in [0.25, 0.3) is 0 Å². The van der Waals surface area contributed by atoms with Crippen LogP contribution >= 0.6 is 0 Å². The molecule has 0 heterocycles. The summed E-state index contributed by atoms with van der Waals surface area (Å²) in [4.78, 5) is 48.7. The molecular weight excluding hydrogens is 420 g/mol. The SMILES string of the molecule is O=C(O)CN(CC(=O)O)C(c1ccccc1)C(c1ccccc1)N(CC(=O)O)CC(=O)O. The van der Waals surface area contributed by atoms with E-state index in [1.54, 1.807) is 60.7 Å². The van der Waals surface area contributed by atoms with E-state index in [-0.39, 0.29) is 0 Å². The molecule has 0 fully saturated rings. The van der Waals surface area contributed by atoms with Crippen molar-refractivity contribution in [3.8, 4) is 0 Å². The van der Waals surface area contributed by atoms with Crippen LogP contribution in [-0.4, -0.2) is 80.3 Å². The fraction of sp³-hybridized carbons (Fsp3) is 0.273. The van der Waals surface area contributed by atoms with Crippen LogP contribution in [-0.2, 0) is 19.2 Å². The van der Waals surface area contributed by atoms with Crippen LogP contribution in [0.5, 0.6) is 0 Å². The zero-order valence-corrected chi connectivity index (χ0v) is 17.1. The van der Waals surface area contributed by atoms with Gasteiger partial charge < -0.3 is 20.4 Å². The molecule has 0 aliphatic rings. The summed E-state index contributed by atoms with van der Waals surface area (Å²) >= 11 is 0. The van der Waals surface area contributed by atoms with Gasteiger partial charge in [0.1, 0.15) is 0 Å². The van der Waals surface area contributed by atoms with Crippen molar-refractivity contribution >= 4 is 23.9 Å². The quantitative estimate of drug-likeness (QED) is 0.356. The Balaban J connectivity index is 2.74. The van der Waals surface area contributed by atoms with Crippen LogP contribution in [0.4, 0.5) is 0 Å². The standard InChI is InChI=1S/C22H24N2O8/c25-17(26)11-23(12-18(27)28)21(15-7-3-1-4-8-15)22(16-9-5-2-6-10-16)24(13-19(29)30)14-20(31)32/h1-10,21-22H,11-14H2,(H,25,26)(H,27,28)(H,29,30)(H,31,32). The lowest BCUT2D eigenvalue weighted by Crippen LogP contribution is -2.47. The molecule has 0 saturated heterocycles. The van der Waals surface area contributed by atoms with Crippen molar-refractivity contribution in [1.29, 1.82) is 0 Å².